The maximum atomic E-state index is 12.4. The molecule has 0 saturated carbocycles. The maximum absolute atomic E-state index is 12.4. The third kappa shape index (κ3) is 6.83. The van der Waals surface area contributed by atoms with Crippen LogP contribution in [0, 0.1) is 5.92 Å². The van der Waals surface area contributed by atoms with Crippen LogP contribution in [-0.4, -0.2) is 12.5 Å². The molecule has 0 spiro atoms. The van der Waals surface area contributed by atoms with Gasteiger partial charge in [-0.3, -0.25) is 4.74 Å². The van der Waals surface area contributed by atoms with Crippen LogP contribution in [0.15, 0.2) is 54.6 Å². The lowest BCUT2D eigenvalue weighted by molar-refractivity contribution is -0.346. The van der Waals surface area contributed by atoms with Crippen molar-refractivity contribution in [2.75, 3.05) is 0 Å². The molecule has 2 rings (SSSR count). The van der Waals surface area contributed by atoms with Crippen LogP contribution in [0.4, 0.5) is 13.2 Å². The number of ether oxygens (including phenoxy) is 1. The molecule has 0 aliphatic rings. The Balaban J connectivity index is 1.87. The Labute approximate surface area is 154 Å². The summed E-state index contributed by atoms with van der Waals surface area (Å²) in [5, 5.41) is 0. The van der Waals surface area contributed by atoms with Crippen molar-refractivity contribution in [1.29, 1.82) is 0 Å². The molecule has 0 amide bonds. The molecule has 0 bridgehead atoms. The second-order valence-electron chi connectivity index (χ2n) is 6.77. The Kier molecular flexibility index (Phi) is 7.70. The number of alkyl halides is 3. The van der Waals surface area contributed by atoms with Crippen molar-refractivity contribution < 1.29 is 17.9 Å². The van der Waals surface area contributed by atoms with Crippen LogP contribution in [0.5, 0.6) is 0 Å². The van der Waals surface area contributed by atoms with Gasteiger partial charge in [0.25, 0.3) is 0 Å². The van der Waals surface area contributed by atoms with Crippen LogP contribution in [0.1, 0.15) is 45.1 Å². The molecule has 0 saturated heterocycles. The summed E-state index contributed by atoms with van der Waals surface area (Å²) in [6.45, 7) is 3.53. The van der Waals surface area contributed by atoms with Crippen molar-refractivity contribution in [2.24, 2.45) is 5.92 Å². The van der Waals surface area contributed by atoms with E-state index in [1.54, 1.807) is 0 Å². The van der Waals surface area contributed by atoms with Crippen LogP contribution in [0.2, 0.25) is 0 Å². The van der Waals surface area contributed by atoms with Gasteiger partial charge in [0, 0.05) is 0 Å². The fourth-order valence-corrected chi connectivity index (χ4v) is 3.35. The van der Waals surface area contributed by atoms with Crippen molar-refractivity contribution in [3.05, 3.63) is 60.2 Å². The zero-order chi connectivity index (χ0) is 19.0. The summed E-state index contributed by atoms with van der Waals surface area (Å²) < 4.78 is 41.6. The van der Waals surface area contributed by atoms with Gasteiger partial charge in [0.1, 0.15) is 0 Å². The van der Waals surface area contributed by atoms with Crippen molar-refractivity contribution >= 4 is 0 Å². The third-order valence-electron chi connectivity index (χ3n) is 4.74. The highest BCUT2D eigenvalue weighted by molar-refractivity contribution is 5.63. The van der Waals surface area contributed by atoms with Gasteiger partial charge in [-0.15, -0.1) is 13.2 Å². The van der Waals surface area contributed by atoms with Gasteiger partial charge in [-0.25, -0.2) is 0 Å². The van der Waals surface area contributed by atoms with Gasteiger partial charge in [-0.05, 0) is 55.2 Å². The van der Waals surface area contributed by atoms with Gasteiger partial charge in [0.2, 0.25) is 0 Å². The van der Waals surface area contributed by atoms with Crippen LogP contribution in [0.25, 0.3) is 11.1 Å². The van der Waals surface area contributed by atoms with E-state index in [9.17, 15) is 13.2 Å². The zero-order valence-electron chi connectivity index (χ0n) is 15.4. The number of hydrogen-bond donors (Lipinski definition) is 0. The predicted octanol–water partition coefficient (Wildman–Crippen LogP) is 7.02. The summed E-state index contributed by atoms with van der Waals surface area (Å²) in [7, 11) is 0. The van der Waals surface area contributed by atoms with E-state index in [1.807, 2.05) is 25.1 Å². The van der Waals surface area contributed by atoms with E-state index in [2.05, 4.69) is 41.1 Å². The van der Waals surface area contributed by atoms with Crippen molar-refractivity contribution in [2.45, 2.75) is 58.4 Å². The first-order valence-electron chi connectivity index (χ1n) is 9.28. The lowest BCUT2D eigenvalue weighted by atomic mass is 9.91. The van der Waals surface area contributed by atoms with E-state index >= 15 is 0 Å². The van der Waals surface area contributed by atoms with Crippen LogP contribution in [0.3, 0.4) is 0 Å². The number of benzene rings is 2. The van der Waals surface area contributed by atoms with Gasteiger partial charge in [0.05, 0.1) is 6.10 Å². The molecule has 0 aliphatic carbocycles. The molecule has 2 unspecified atom stereocenters. The summed E-state index contributed by atoms with van der Waals surface area (Å²) in [6.07, 6.45) is -1.26. The van der Waals surface area contributed by atoms with Crippen LogP contribution >= 0.6 is 0 Å². The van der Waals surface area contributed by atoms with Gasteiger partial charge in [-0.2, -0.15) is 0 Å². The second kappa shape index (κ2) is 9.77. The van der Waals surface area contributed by atoms with Crippen LogP contribution < -0.4 is 0 Å². The molecular formula is C22H27F3O. The Bertz CT molecular complexity index is 635. The first-order valence-corrected chi connectivity index (χ1v) is 9.28. The Morgan fingerprint density at radius 2 is 1.50 bits per heavy atom. The first kappa shape index (κ1) is 20.5. The summed E-state index contributed by atoms with van der Waals surface area (Å²) >= 11 is 0. The molecule has 26 heavy (non-hydrogen) atoms. The molecule has 0 fully saturated rings. The molecule has 0 radical (unpaired) electrons. The quantitative estimate of drug-likeness (QED) is 0.465. The highest BCUT2D eigenvalue weighted by atomic mass is 19.4. The highest BCUT2D eigenvalue weighted by Gasteiger charge is 2.34. The first-order chi connectivity index (χ1) is 12.4. The minimum absolute atomic E-state index is 0.0646. The molecule has 0 aliphatic heterocycles. The van der Waals surface area contributed by atoms with E-state index in [0.29, 0.717) is 0 Å². The number of rotatable bonds is 9. The maximum Gasteiger partial charge on any atom is 0.522 e. The Morgan fingerprint density at radius 3 is 2.08 bits per heavy atom. The number of hydrogen-bond acceptors (Lipinski definition) is 1. The molecule has 4 heteroatoms. The fraction of sp³-hybridized carbons (Fsp3) is 0.455. The van der Waals surface area contributed by atoms with Gasteiger partial charge >= 0.3 is 6.36 Å². The zero-order valence-corrected chi connectivity index (χ0v) is 15.4. The normalized spacial score (nSPS) is 14.2. The minimum Gasteiger partial charge on any atom is -0.289 e. The lowest BCUT2D eigenvalue weighted by Crippen LogP contribution is -2.28. The van der Waals surface area contributed by atoms with E-state index in [1.165, 1.54) is 23.6 Å². The monoisotopic (exact) mass is 364 g/mol. The predicted molar refractivity (Wildman–Crippen MR) is 99.8 cm³/mol. The molecular weight excluding hydrogens is 337 g/mol. The SMILES string of the molecule is CCCC(CCCc1ccc(-c2ccccc2)cc1)C(C)OC(F)(F)F. The summed E-state index contributed by atoms with van der Waals surface area (Å²) in [6, 6.07) is 18.6. The summed E-state index contributed by atoms with van der Waals surface area (Å²) in [5.41, 5.74) is 3.56. The van der Waals surface area contributed by atoms with Gasteiger partial charge in [-0.1, -0.05) is 67.9 Å². The average molecular weight is 364 g/mol. The Hall–Kier alpha value is -1.81. The molecule has 1 nitrogen and oxygen atoms in total. The van der Waals surface area contributed by atoms with Crippen molar-refractivity contribution in [3.8, 4) is 11.1 Å². The molecule has 142 valence electrons. The molecule has 0 aromatic heterocycles. The molecule has 2 aromatic carbocycles. The topological polar surface area (TPSA) is 9.23 Å². The van der Waals surface area contributed by atoms with Gasteiger partial charge < -0.3 is 0 Å². The third-order valence-corrected chi connectivity index (χ3v) is 4.74. The van der Waals surface area contributed by atoms with E-state index in [0.717, 1.165) is 32.1 Å². The second-order valence-corrected chi connectivity index (χ2v) is 6.77. The molecule has 0 heterocycles. The summed E-state index contributed by atoms with van der Waals surface area (Å²) in [4.78, 5) is 0. The Morgan fingerprint density at radius 1 is 0.885 bits per heavy atom. The summed E-state index contributed by atoms with van der Waals surface area (Å²) in [5.74, 6) is -0.0646. The fourth-order valence-electron chi connectivity index (χ4n) is 3.35. The average Bonchev–Trinajstić information content (AvgIpc) is 2.61. The van der Waals surface area contributed by atoms with Crippen LogP contribution in [-0.2, 0) is 11.2 Å². The number of aryl methyl sites for hydroxylation is 1. The largest absolute Gasteiger partial charge is 0.522 e. The minimum atomic E-state index is -4.56. The van der Waals surface area contributed by atoms with E-state index in [-0.39, 0.29) is 5.92 Å². The number of halogens is 3. The standard InChI is InChI=1S/C22H27F3O/c1-3-8-19(17(2)26-22(23,24)25)12-7-9-18-13-15-21(16-14-18)20-10-5-4-6-11-20/h4-6,10-11,13-17,19H,3,7-9,12H2,1-2H3. The van der Waals surface area contributed by atoms with E-state index < -0.39 is 12.5 Å². The molecule has 0 N–H and O–H groups in total. The molecule has 2 aromatic rings. The molecule has 2 atom stereocenters. The van der Waals surface area contributed by atoms with Gasteiger partial charge in [0.15, 0.2) is 0 Å². The lowest BCUT2D eigenvalue weighted by Gasteiger charge is -2.24. The van der Waals surface area contributed by atoms with Crippen molar-refractivity contribution in [3.63, 3.8) is 0 Å². The smallest absolute Gasteiger partial charge is 0.289 e. The van der Waals surface area contributed by atoms with Crippen molar-refractivity contribution in [1.82, 2.24) is 0 Å². The van der Waals surface area contributed by atoms with E-state index in [4.69, 9.17) is 0 Å². The highest BCUT2D eigenvalue weighted by Crippen LogP contribution is 2.28.